The monoisotopic (exact) mass is 295 g/mol. The fraction of sp³-hybridized carbons (Fsp3) is 0.733. The van der Waals surface area contributed by atoms with E-state index in [9.17, 15) is 9.90 Å². The predicted molar refractivity (Wildman–Crippen MR) is 77.4 cm³/mol. The highest BCUT2D eigenvalue weighted by molar-refractivity contribution is 7.13. The normalized spacial score (nSPS) is 21.9. The van der Waals surface area contributed by atoms with Gasteiger partial charge in [0.1, 0.15) is 16.0 Å². The van der Waals surface area contributed by atoms with Crippen LogP contribution in [0.2, 0.25) is 0 Å². The summed E-state index contributed by atoms with van der Waals surface area (Å²) in [4.78, 5) is 16.5. The van der Waals surface area contributed by atoms with E-state index in [0.29, 0.717) is 16.7 Å². The average molecular weight is 295 g/mol. The third-order valence-electron chi connectivity index (χ3n) is 4.40. The van der Waals surface area contributed by atoms with Gasteiger partial charge in [-0.1, -0.05) is 19.3 Å². The van der Waals surface area contributed by atoms with Crippen LogP contribution in [0.4, 0.5) is 0 Å². The van der Waals surface area contributed by atoms with Gasteiger partial charge in [0.05, 0.1) is 5.69 Å². The topological polar surface area (TPSA) is 59.4 Å². The maximum Gasteiger partial charge on any atom is 0.347 e. The number of methoxy groups -OCH3 is 1. The molecule has 0 spiro atoms. The van der Waals surface area contributed by atoms with Crippen molar-refractivity contribution < 1.29 is 14.6 Å². The van der Waals surface area contributed by atoms with Crippen LogP contribution in [0.5, 0.6) is 0 Å². The molecule has 110 valence electrons. The lowest BCUT2D eigenvalue weighted by atomic mass is 9.85. The van der Waals surface area contributed by atoms with Gasteiger partial charge in [-0.3, -0.25) is 0 Å². The van der Waals surface area contributed by atoms with E-state index < -0.39 is 5.97 Å². The number of aromatic carboxylic acids is 1. The van der Waals surface area contributed by atoms with E-state index in [1.807, 2.05) is 0 Å². The summed E-state index contributed by atoms with van der Waals surface area (Å²) in [5.41, 5.74) is 0.801. The Morgan fingerprint density at radius 2 is 2.00 bits per heavy atom. The summed E-state index contributed by atoms with van der Waals surface area (Å²) >= 11 is 1.33. The van der Waals surface area contributed by atoms with E-state index >= 15 is 0 Å². The third-order valence-corrected chi connectivity index (χ3v) is 5.52. The van der Waals surface area contributed by atoms with Gasteiger partial charge in [0.15, 0.2) is 0 Å². The molecule has 1 heterocycles. The molecule has 0 saturated heterocycles. The second-order valence-corrected chi connectivity index (χ2v) is 6.93. The van der Waals surface area contributed by atoms with Crippen LogP contribution in [0, 0.1) is 5.92 Å². The van der Waals surface area contributed by atoms with Crippen LogP contribution < -0.4 is 0 Å². The number of nitrogens with zero attached hydrogens (tertiary/aromatic N) is 1. The van der Waals surface area contributed by atoms with Gasteiger partial charge in [-0.15, -0.1) is 11.3 Å². The molecule has 0 amide bonds. The summed E-state index contributed by atoms with van der Waals surface area (Å²) < 4.78 is 5.68. The van der Waals surface area contributed by atoms with E-state index in [1.54, 1.807) is 7.11 Å². The minimum absolute atomic E-state index is 0.0223. The zero-order chi connectivity index (χ0) is 14.1. The first kappa shape index (κ1) is 14.0. The molecule has 5 heteroatoms. The molecule has 2 aliphatic rings. The van der Waals surface area contributed by atoms with Crippen LogP contribution in [-0.4, -0.2) is 23.2 Å². The summed E-state index contributed by atoms with van der Waals surface area (Å²) in [6, 6.07) is 0. The van der Waals surface area contributed by atoms with Crippen LogP contribution in [0.25, 0.3) is 0 Å². The maximum atomic E-state index is 11.4. The Balaban J connectivity index is 1.87. The molecule has 0 radical (unpaired) electrons. The third kappa shape index (κ3) is 2.74. The number of hydrogen-bond donors (Lipinski definition) is 1. The van der Waals surface area contributed by atoms with Gasteiger partial charge in [0, 0.05) is 13.0 Å². The summed E-state index contributed by atoms with van der Waals surface area (Å²) in [5.74, 6) is 0.0257. The van der Waals surface area contributed by atoms with Gasteiger partial charge in [-0.05, 0) is 31.6 Å². The molecule has 2 fully saturated rings. The zero-order valence-electron chi connectivity index (χ0n) is 11.8. The molecular weight excluding hydrogens is 274 g/mol. The SMILES string of the molecule is COC(c1nc(C2CC2)c(C(=O)O)s1)C1CCCCC1. The first-order valence-corrected chi connectivity index (χ1v) is 8.29. The molecule has 3 rings (SSSR count). The zero-order valence-corrected chi connectivity index (χ0v) is 12.6. The highest BCUT2D eigenvalue weighted by Crippen LogP contribution is 2.45. The van der Waals surface area contributed by atoms with Crippen LogP contribution in [0.3, 0.4) is 0 Å². The molecule has 2 saturated carbocycles. The molecule has 1 unspecified atom stereocenters. The predicted octanol–water partition coefficient (Wildman–Crippen LogP) is 3.99. The van der Waals surface area contributed by atoms with Crippen molar-refractivity contribution in [2.45, 2.75) is 57.0 Å². The van der Waals surface area contributed by atoms with E-state index in [1.165, 1.54) is 43.4 Å². The van der Waals surface area contributed by atoms with Gasteiger partial charge >= 0.3 is 5.97 Å². The minimum atomic E-state index is -0.839. The number of carboxylic acids is 1. The fourth-order valence-corrected chi connectivity index (χ4v) is 4.35. The van der Waals surface area contributed by atoms with Gasteiger partial charge in [-0.25, -0.2) is 9.78 Å². The van der Waals surface area contributed by atoms with E-state index in [-0.39, 0.29) is 6.10 Å². The van der Waals surface area contributed by atoms with Crippen LogP contribution in [0.1, 0.15) is 77.3 Å². The smallest absolute Gasteiger partial charge is 0.347 e. The highest BCUT2D eigenvalue weighted by atomic mass is 32.1. The Kier molecular flexibility index (Phi) is 4.08. The van der Waals surface area contributed by atoms with Crippen LogP contribution in [0.15, 0.2) is 0 Å². The molecule has 0 bridgehead atoms. The van der Waals surface area contributed by atoms with Crippen molar-refractivity contribution in [3.63, 3.8) is 0 Å². The van der Waals surface area contributed by atoms with Gasteiger partial charge in [-0.2, -0.15) is 0 Å². The number of hydrogen-bond acceptors (Lipinski definition) is 4. The van der Waals surface area contributed by atoms with Crippen LogP contribution >= 0.6 is 11.3 Å². The molecule has 1 N–H and O–H groups in total. The lowest BCUT2D eigenvalue weighted by Crippen LogP contribution is -2.17. The van der Waals surface area contributed by atoms with E-state index in [2.05, 4.69) is 4.98 Å². The maximum absolute atomic E-state index is 11.4. The molecular formula is C15H21NO3S. The van der Waals surface area contributed by atoms with E-state index in [0.717, 1.165) is 23.5 Å². The molecule has 4 nitrogen and oxygen atoms in total. The molecule has 2 aliphatic carbocycles. The number of aromatic nitrogens is 1. The number of rotatable bonds is 5. The first-order chi connectivity index (χ1) is 9.70. The molecule has 0 aliphatic heterocycles. The molecule has 1 atom stereocenters. The Morgan fingerprint density at radius 3 is 2.55 bits per heavy atom. The highest BCUT2D eigenvalue weighted by Gasteiger charge is 2.35. The minimum Gasteiger partial charge on any atom is -0.477 e. The van der Waals surface area contributed by atoms with Crippen molar-refractivity contribution >= 4 is 17.3 Å². The lowest BCUT2D eigenvalue weighted by Gasteiger charge is -2.27. The Labute approximate surface area is 123 Å². The fourth-order valence-electron chi connectivity index (χ4n) is 3.19. The lowest BCUT2D eigenvalue weighted by molar-refractivity contribution is 0.0351. The van der Waals surface area contributed by atoms with Crippen LogP contribution in [-0.2, 0) is 4.74 Å². The summed E-state index contributed by atoms with van der Waals surface area (Å²) in [5, 5.41) is 10.2. The van der Waals surface area contributed by atoms with Crippen molar-refractivity contribution in [2.24, 2.45) is 5.92 Å². The largest absolute Gasteiger partial charge is 0.477 e. The van der Waals surface area contributed by atoms with Crippen molar-refractivity contribution in [1.82, 2.24) is 4.98 Å². The van der Waals surface area contributed by atoms with E-state index in [4.69, 9.17) is 4.74 Å². The molecule has 20 heavy (non-hydrogen) atoms. The Hall–Kier alpha value is -0.940. The summed E-state index contributed by atoms with van der Waals surface area (Å²) in [6.07, 6.45) is 8.26. The van der Waals surface area contributed by atoms with Crippen molar-refractivity contribution in [2.75, 3.05) is 7.11 Å². The summed E-state index contributed by atoms with van der Waals surface area (Å²) in [7, 11) is 1.72. The summed E-state index contributed by atoms with van der Waals surface area (Å²) in [6.45, 7) is 0. The number of ether oxygens (including phenoxy) is 1. The van der Waals surface area contributed by atoms with Gasteiger partial charge < -0.3 is 9.84 Å². The number of carboxylic acid groups (broad SMARTS) is 1. The van der Waals surface area contributed by atoms with Gasteiger partial charge in [0.25, 0.3) is 0 Å². The average Bonchev–Trinajstić information content (AvgIpc) is 3.21. The second-order valence-electron chi connectivity index (χ2n) is 5.90. The second kappa shape index (κ2) is 5.82. The quantitative estimate of drug-likeness (QED) is 0.892. The molecule has 0 aromatic carbocycles. The Morgan fingerprint density at radius 1 is 1.30 bits per heavy atom. The Bertz CT molecular complexity index is 489. The standard InChI is InChI=1S/C15H21NO3S/c1-19-12(10-5-3-2-4-6-10)14-16-11(9-7-8-9)13(20-14)15(17)18/h9-10,12H,2-8H2,1H3,(H,17,18). The van der Waals surface area contributed by atoms with Crippen molar-refractivity contribution in [1.29, 1.82) is 0 Å². The molecule has 1 aromatic heterocycles. The number of thiazole rings is 1. The first-order valence-electron chi connectivity index (χ1n) is 7.47. The molecule has 1 aromatic rings. The van der Waals surface area contributed by atoms with Crippen molar-refractivity contribution in [3.8, 4) is 0 Å². The van der Waals surface area contributed by atoms with Crippen molar-refractivity contribution in [3.05, 3.63) is 15.6 Å². The van der Waals surface area contributed by atoms with Gasteiger partial charge in [0.2, 0.25) is 0 Å². The number of carbonyl (C=O) groups is 1.